The van der Waals surface area contributed by atoms with Crippen LogP contribution in [0.4, 0.5) is 0 Å². The highest BCUT2D eigenvalue weighted by atomic mass is 16.5. The quantitative estimate of drug-likeness (QED) is 0.799. The van der Waals surface area contributed by atoms with Gasteiger partial charge in [0.05, 0.1) is 9.85 Å². The summed E-state index contributed by atoms with van der Waals surface area (Å²) in [5.74, 6) is 0.548. The number of methoxy groups -OCH3 is 1. The fraction of sp³-hybridized carbons (Fsp3) is 0.556. The summed E-state index contributed by atoms with van der Waals surface area (Å²) in [6.45, 7) is -1.86. The van der Waals surface area contributed by atoms with Crippen LogP contribution < -0.4 is 9.47 Å². The van der Waals surface area contributed by atoms with Crippen LogP contribution in [-0.2, 0) is 11.8 Å². The smallest absolute Gasteiger partial charge is 0.165 e. The van der Waals surface area contributed by atoms with Crippen molar-refractivity contribution in [2.75, 3.05) is 20.6 Å². The molecule has 1 saturated heterocycles. The van der Waals surface area contributed by atoms with Crippen molar-refractivity contribution in [3.05, 3.63) is 35.4 Å². The monoisotopic (exact) mass is 304 g/mol. The second-order valence-electron chi connectivity index (χ2n) is 6.66. The lowest BCUT2D eigenvalue weighted by atomic mass is 9.53. The SMILES string of the molecule is [2H]c1c([2H])c(OC)c2c3c1C[C@@H]1[C@@H]4C=CC(O)C(O2)[C@]34CCN1C([2H])([2H])[2H]. The number of rotatable bonds is 1. The molecular formula is C18H21NO3. The molecule has 2 bridgehead atoms. The third kappa shape index (κ3) is 1.28. The van der Waals surface area contributed by atoms with E-state index in [9.17, 15) is 5.11 Å². The second-order valence-corrected chi connectivity index (χ2v) is 6.66. The van der Waals surface area contributed by atoms with Crippen molar-refractivity contribution in [1.29, 1.82) is 0 Å². The maximum atomic E-state index is 10.6. The van der Waals surface area contributed by atoms with Crippen LogP contribution in [0, 0.1) is 5.92 Å². The van der Waals surface area contributed by atoms with E-state index in [1.807, 2.05) is 6.08 Å². The average molecular weight is 304 g/mol. The number of hydrogen-bond donors (Lipinski definition) is 1. The molecule has 1 N–H and O–H groups in total. The van der Waals surface area contributed by atoms with Gasteiger partial charge < -0.3 is 19.5 Å². The molecule has 1 fully saturated rings. The Morgan fingerprint density at radius 1 is 1.50 bits per heavy atom. The van der Waals surface area contributed by atoms with Crippen LogP contribution in [0.1, 0.15) is 24.4 Å². The first-order valence-electron chi connectivity index (χ1n) is 10.2. The molecule has 1 aromatic rings. The van der Waals surface area contributed by atoms with Crippen molar-refractivity contribution in [2.24, 2.45) is 5.92 Å². The lowest BCUT2D eigenvalue weighted by molar-refractivity contribution is -0.0453. The van der Waals surface area contributed by atoms with E-state index in [4.69, 9.17) is 16.3 Å². The molecule has 0 aromatic heterocycles. The van der Waals surface area contributed by atoms with Gasteiger partial charge in [-0.1, -0.05) is 18.2 Å². The van der Waals surface area contributed by atoms with Crippen molar-refractivity contribution in [3.8, 4) is 11.5 Å². The summed E-state index contributed by atoms with van der Waals surface area (Å²) in [4.78, 5) is 1.54. The maximum Gasteiger partial charge on any atom is 0.165 e. The highest BCUT2D eigenvalue weighted by molar-refractivity contribution is 5.62. The molecule has 116 valence electrons. The Morgan fingerprint density at radius 3 is 3.23 bits per heavy atom. The van der Waals surface area contributed by atoms with Crippen LogP contribution in [0.15, 0.2) is 24.2 Å². The minimum Gasteiger partial charge on any atom is -0.493 e. The van der Waals surface area contributed by atoms with E-state index in [1.54, 1.807) is 6.08 Å². The Morgan fingerprint density at radius 2 is 2.41 bits per heavy atom. The maximum absolute atomic E-state index is 10.6. The summed E-state index contributed by atoms with van der Waals surface area (Å²) >= 11 is 0. The molecule has 5 atom stereocenters. The van der Waals surface area contributed by atoms with Gasteiger partial charge in [0.1, 0.15) is 12.2 Å². The molecule has 2 aliphatic carbocycles. The summed E-state index contributed by atoms with van der Waals surface area (Å²) in [5, 5.41) is 10.6. The number of likely N-dealkylation sites (N-methyl/N-ethyl adjacent to an activating group) is 1. The minimum atomic E-state index is -2.23. The van der Waals surface area contributed by atoms with Gasteiger partial charge in [-0.25, -0.2) is 0 Å². The minimum absolute atomic E-state index is 0.0549. The Bertz CT molecular complexity index is 870. The van der Waals surface area contributed by atoms with Gasteiger partial charge in [0.25, 0.3) is 0 Å². The zero-order valence-electron chi connectivity index (χ0n) is 17.3. The van der Waals surface area contributed by atoms with Crippen LogP contribution in [0.5, 0.6) is 11.5 Å². The van der Waals surface area contributed by atoms with Gasteiger partial charge in [-0.3, -0.25) is 0 Å². The lowest BCUT2D eigenvalue weighted by Gasteiger charge is -2.56. The molecule has 0 amide bonds. The molecular weight excluding hydrogens is 278 g/mol. The molecule has 4 nitrogen and oxygen atoms in total. The molecule has 2 unspecified atom stereocenters. The van der Waals surface area contributed by atoms with Gasteiger partial charge >= 0.3 is 0 Å². The number of aliphatic hydroxyl groups is 1. The van der Waals surface area contributed by atoms with Crippen molar-refractivity contribution < 1.29 is 21.4 Å². The number of likely N-dealkylation sites (tertiary alicyclic amines) is 1. The number of nitrogens with zero attached hydrogens (tertiary/aromatic N) is 1. The number of piperidine rings is 1. The van der Waals surface area contributed by atoms with Crippen molar-refractivity contribution in [3.63, 3.8) is 0 Å². The summed E-state index contributed by atoms with van der Waals surface area (Å²) in [5.41, 5.74) is 0.927. The van der Waals surface area contributed by atoms with Crippen LogP contribution in [0.25, 0.3) is 0 Å². The number of hydrogen-bond acceptors (Lipinski definition) is 4. The van der Waals surface area contributed by atoms with E-state index in [2.05, 4.69) is 0 Å². The van der Waals surface area contributed by atoms with Crippen molar-refractivity contribution >= 4 is 0 Å². The summed E-state index contributed by atoms with van der Waals surface area (Å²) in [6.07, 6.45) is 3.12. The molecule has 22 heavy (non-hydrogen) atoms. The van der Waals surface area contributed by atoms with Crippen LogP contribution in [0.2, 0.25) is 0 Å². The first-order chi connectivity index (χ1) is 12.7. The van der Waals surface area contributed by atoms with Gasteiger partial charge in [0.15, 0.2) is 11.5 Å². The topological polar surface area (TPSA) is 41.9 Å². The van der Waals surface area contributed by atoms with E-state index < -0.39 is 24.6 Å². The Hall–Kier alpha value is -1.52. The lowest BCUT2D eigenvalue weighted by Crippen LogP contribution is -2.64. The number of benzene rings is 1. The summed E-state index contributed by atoms with van der Waals surface area (Å²) in [7, 11) is 1.45. The van der Waals surface area contributed by atoms with E-state index in [0.717, 1.165) is 5.56 Å². The molecule has 2 heterocycles. The van der Waals surface area contributed by atoms with Crippen molar-refractivity contribution in [1.82, 2.24) is 4.90 Å². The van der Waals surface area contributed by atoms with Gasteiger partial charge in [-0.15, -0.1) is 0 Å². The molecule has 0 radical (unpaired) electrons. The highest BCUT2D eigenvalue weighted by Crippen LogP contribution is 2.62. The zero-order chi connectivity index (χ0) is 19.3. The Labute approximate surface area is 137 Å². The molecule has 4 heteroatoms. The fourth-order valence-electron chi connectivity index (χ4n) is 5.03. The molecule has 2 aliphatic heterocycles. The predicted molar refractivity (Wildman–Crippen MR) is 82.5 cm³/mol. The second kappa shape index (κ2) is 4.06. The van der Waals surface area contributed by atoms with E-state index >= 15 is 0 Å². The first kappa shape index (κ1) is 8.94. The molecule has 0 saturated carbocycles. The van der Waals surface area contributed by atoms with Crippen LogP contribution in [0.3, 0.4) is 0 Å². The molecule has 4 aliphatic rings. The van der Waals surface area contributed by atoms with E-state index in [1.165, 1.54) is 12.0 Å². The predicted octanol–water partition coefficient (Wildman–Crippen LogP) is 1.50. The number of aliphatic hydroxyl groups excluding tert-OH is 1. The van der Waals surface area contributed by atoms with Gasteiger partial charge in [0.2, 0.25) is 0 Å². The van der Waals surface area contributed by atoms with E-state index in [-0.39, 0.29) is 29.8 Å². The zero-order valence-corrected chi connectivity index (χ0v) is 12.3. The molecule has 5 rings (SSSR count). The van der Waals surface area contributed by atoms with Gasteiger partial charge in [0, 0.05) is 27.1 Å². The Balaban J connectivity index is 1.81. The van der Waals surface area contributed by atoms with Crippen LogP contribution >= 0.6 is 0 Å². The summed E-state index contributed by atoms with van der Waals surface area (Å²) in [6, 6.07) is -0.314. The largest absolute Gasteiger partial charge is 0.493 e. The standard InChI is InChI=1S/C18H21NO3/c1-19-8-7-18-11-4-5-13(20)17(18)22-16-14(21-2)6-3-10(15(16)18)9-12(11)19/h3-6,11-13,17,20H,7-9H2,1-2H3/t11-,12+,13?,17?,18-/m0/s1/i1D3,3D,6D. The average Bonchev–Trinajstić information content (AvgIpc) is 2.92. The van der Waals surface area contributed by atoms with Gasteiger partial charge in [-0.05, 0) is 38.0 Å². The van der Waals surface area contributed by atoms with E-state index in [0.29, 0.717) is 30.7 Å². The fourth-order valence-corrected chi connectivity index (χ4v) is 5.03. The third-order valence-corrected chi connectivity index (χ3v) is 5.90. The summed E-state index contributed by atoms with van der Waals surface area (Å²) < 4.78 is 52.3. The number of ether oxygens (including phenoxy) is 2. The highest BCUT2D eigenvalue weighted by Gasteiger charge is 2.64. The van der Waals surface area contributed by atoms with Crippen LogP contribution in [-0.4, -0.2) is 48.9 Å². The van der Waals surface area contributed by atoms with Gasteiger partial charge in [-0.2, -0.15) is 0 Å². The Kier molecular flexibility index (Phi) is 1.65. The molecule has 1 aromatic carbocycles. The van der Waals surface area contributed by atoms with Crippen molar-refractivity contribution in [2.45, 2.75) is 36.5 Å². The first-order valence-corrected chi connectivity index (χ1v) is 7.72. The normalized spacial score (nSPS) is 44.9. The molecule has 1 spiro atoms. The third-order valence-electron chi connectivity index (χ3n) is 5.90.